The van der Waals surface area contributed by atoms with Crippen LogP contribution in [0.1, 0.15) is 56.2 Å². The van der Waals surface area contributed by atoms with E-state index in [4.69, 9.17) is 10.3 Å². The number of aryl methyl sites for hydroxylation is 1. The summed E-state index contributed by atoms with van der Waals surface area (Å²) in [6.45, 7) is 5.60. The number of aromatic nitrogens is 3. The molecule has 4 aliphatic rings. The second kappa shape index (κ2) is 9.49. The van der Waals surface area contributed by atoms with E-state index in [2.05, 4.69) is 41.8 Å². The molecule has 0 amide bonds. The van der Waals surface area contributed by atoms with E-state index in [0.29, 0.717) is 41.6 Å². The molecule has 2 fully saturated rings. The van der Waals surface area contributed by atoms with Crippen molar-refractivity contribution >= 4 is 17.2 Å². The predicted octanol–water partition coefficient (Wildman–Crippen LogP) is 3.30. The number of nitrogen functional groups attached to an aromatic ring is 1. The fourth-order valence-corrected chi connectivity index (χ4v) is 5.29. The van der Waals surface area contributed by atoms with E-state index < -0.39 is 11.4 Å². The molecule has 2 aromatic heterocycles. The first-order valence-corrected chi connectivity index (χ1v) is 13.0. The zero-order chi connectivity index (χ0) is 26.4. The summed E-state index contributed by atoms with van der Waals surface area (Å²) in [5.74, 6) is 6.03. The quantitative estimate of drug-likeness (QED) is 0.583. The van der Waals surface area contributed by atoms with Gasteiger partial charge in [-0.15, -0.1) is 0 Å². The van der Waals surface area contributed by atoms with Crippen LogP contribution in [-0.4, -0.2) is 60.9 Å². The highest BCUT2D eigenvalue weighted by Gasteiger charge is 2.38. The Kier molecular flexibility index (Phi) is 6.13. The summed E-state index contributed by atoms with van der Waals surface area (Å²) < 4.78 is 20.1. The Morgan fingerprint density at radius 2 is 2.13 bits per heavy atom. The number of rotatable bonds is 5. The summed E-state index contributed by atoms with van der Waals surface area (Å²) >= 11 is 0. The monoisotopic (exact) mass is 515 g/mol. The number of allylic oxidation sites excluding steroid dienone is 3. The molecule has 3 aliphatic heterocycles. The van der Waals surface area contributed by atoms with Gasteiger partial charge >= 0.3 is 0 Å². The van der Waals surface area contributed by atoms with Gasteiger partial charge in [-0.05, 0) is 50.2 Å². The summed E-state index contributed by atoms with van der Waals surface area (Å²) in [5, 5.41) is 15.1. The van der Waals surface area contributed by atoms with Crippen molar-refractivity contribution in [2.45, 2.75) is 63.6 Å². The van der Waals surface area contributed by atoms with Crippen molar-refractivity contribution in [1.29, 1.82) is 0 Å². The smallest absolute Gasteiger partial charge is 0.220 e. The van der Waals surface area contributed by atoms with Gasteiger partial charge in [0.1, 0.15) is 22.9 Å². The highest BCUT2D eigenvalue weighted by molar-refractivity contribution is 6.11. The van der Waals surface area contributed by atoms with Gasteiger partial charge in [-0.3, -0.25) is 4.90 Å². The second-order valence-electron chi connectivity index (χ2n) is 10.3. The van der Waals surface area contributed by atoms with E-state index in [9.17, 15) is 5.11 Å². The number of anilines is 1. The van der Waals surface area contributed by atoms with Gasteiger partial charge in [0.25, 0.3) is 0 Å². The van der Waals surface area contributed by atoms with E-state index in [1.165, 1.54) is 12.8 Å². The average Bonchev–Trinajstić information content (AvgIpc) is 3.53. The molecule has 6 rings (SSSR count). The Labute approximate surface area is 220 Å². The first kappa shape index (κ1) is 24.5. The van der Waals surface area contributed by atoms with Crippen LogP contribution in [0, 0.1) is 24.6 Å². The second-order valence-corrected chi connectivity index (χ2v) is 10.3. The third kappa shape index (κ3) is 4.64. The number of likely N-dealkylation sites (tertiary alicyclic amines) is 1. The molecule has 2 unspecified atom stereocenters. The zero-order valence-electron chi connectivity index (χ0n) is 21.5. The molecule has 3 N–H and O–H groups in total. The molecule has 2 aromatic rings. The molecule has 196 valence electrons. The number of hydrogen-bond donors (Lipinski definition) is 2. The van der Waals surface area contributed by atoms with Gasteiger partial charge in [0.2, 0.25) is 5.95 Å². The maximum Gasteiger partial charge on any atom is 0.220 e. The number of halogens is 1. The molecule has 2 bridgehead atoms. The Morgan fingerprint density at radius 1 is 1.29 bits per heavy atom. The summed E-state index contributed by atoms with van der Waals surface area (Å²) in [4.78, 5) is 17.5. The van der Waals surface area contributed by atoms with Crippen molar-refractivity contribution in [2.24, 2.45) is 4.99 Å². The van der Waals surface area contributed by atoms with Crippen molar-refractivity contribution in [3.63, 3.8) is 0 Å². The summed E-state index contributed by atoms with van der Waals surface area (Å²) in [6.07, 6.45) is 11.1. The minimum absolute atomic E-state index is 0.00906. The minimum atomic E-state index is -1.48. The molecule has 5 heterocycles. The van der Waals surface area contributed by atoms with Crippen LogP contribution in [0.15, 0.2) is 51.5 Å². The lowest BCUT2D eigenvalue weighted by Crippen LogP contribution is -2.36. The third-order valence-electron chi connectivity index (χ3n) is 7.61. The highest BCUT2D eigenvalue weighted by Crippen LogP contribution is 2.40. The predicted molar refractivity (Wildman–Crippen MR) is 141 cm³/mol. The fourth-order valence-electron chi connectivity index (χ4n) is 5.29. The lowest BCUT2D eigenvalue weighted by atomic mass is 9.92. The molecule has 1 saturated heterocycles. The molecule has 38 heavy (non-hydrogen) atoms. The Bertz CT molecular complexity index is 1460. The molecule has 2 atom stereocenters. The highest BCUT2D eigenvalue weighted by atomic mass is 19.1. The van der Waals surface area contributed by atoms with Crippen molar-refractivity contribution in [3.05, 3.63) is 65.0 Å². The first-order valence-electron chi connectivity index (χ1n) is 13.0. The maximum atomic E-state index is 15.0. The summed E-state index contributed by atoms with van der Waals surface area (Å²) in [5.41, 5.74) is 7.79. The minimum Gasteiger partial charge on any atom is -0.372 e. The average molecular weight is 516 g/mol. The van der Waals surface area contributed by atoms with Gasteiger partial charge in [0.15, 0.2) is 11.4 Å². The van der Waals surface area contributed by atoms with Crippen LogP contribution in [-0.2, 0) is 5.60 Å². The van der Waals surface area contributed by atoms with Crippen molar-refractivity contribution in [1.82, 2.24) is 24.9 Å². The lowest BCUT2D eigenvalue weighted by molar-refractivity contribution is 0.0872. The van der Waals surface area contributed by atoms with Crippen LogP contribution in [0.3, 0.4) is 0 Å². The molecule has 0 aromatic carbocycles. The van der Waals surface area contributed by atoms with Crippen molar-refractivity contribution < 1.29 is 14.0 Å². The molecular weight excluding hydrogens is 485 g/mol. The number of aliphatic imine (C=N–C) groups is 1. The normalized spacial score (nSPS) is 22.9. The Hall–Kier alpha value is -3.81. The largest absolute Gasteiger partial charge is 0.372 e. The summed E-state index contributed by atoms with van der Waals surface area (Å²) in [7, 11) is 0. The van der Waals surface area contributed by atoms with E-state index in [1.807, 2.05) is 25.4 Å². The van der Waals surface area contributed by atoms with E-state index in [1.54, 1.807) is 13.0 Å². The maximum absolute atomic E-state index is 15.0. The zero-order valence-corrected chi connectivity index (χ0v) is 21.5. The van der Waals surface area contributed by atoms with Gasteiger partial charge in [-0.1, -0.05) is 18.0 Å². The van der Waals surface area contributed by atoms with Crippen LogP contribution in [0.5, 0.6) is 0 Å². The Balaban J connectivity index is 1.40. The van der Waals surface area contributed by atoms with E-state index in [0.717, 1.165) is 37.0 Å². The van der Waals surface area contributed by atoms with Crippen LogP contribution in [0.25, 0.3) is 5.57 Å². The van der Waals surface area contributed by atoms with E-state index in [-0.39, 0.29) is 17.7 Å². The standard InChI is InChI=1S/C28H30FN7O2/c1-3-28(37,25-10-17(2)38-34-25)8-6-19-11-18-12-22(13-31-19)36(21-7-9-35(15-21)20-4-5-20)16-23(18)26-24(29)14-32-27(30)33-26/h10-11,13-14,16,20-21,37H,3-5,7,9,12,15H2,1-2H3,(H2,30,32,33). The molecule has 1 saturated carbocycles. The lowest BCUT2D eigenvalue weighted by Gasteiger charge is -2.35. The summed E-state index contributed by atoms with van der Waals surface area (Å²) in [6, 6.07) is 2.62. The van der Waals surface area contributed by atoms with Gasteiger partial charge in [0, 0.05) is 61.3 Å². The number of nitrogens with two attached hydrogens (primary N) is 1. The fraction of sp³-hybridized carbons (Fsp3) is 0.429. The first-order chi connectivity index (χ1) is 18.3. The van der Waals surface area contributed by atoms with E-state index >= 15 is 4.39 Å². The van der Waals surface area contributed by atoms with Crippen LogP contribution < -0.4 is 5.73 Å². The molecule has 10 heteroatoms. The number of fused-ring (bicyclic) bond motifs is 2. The Morgan fingerprint density at radius 3 is 2.87 bits per heavy atom. The van der Waals surface area contributed by atoms with Crippen molar-refractivity contribution in [3.8, 4) is 11.8 Å². The van der Waals surface area contributed by atoms with Crippen molar-refractivity contribution in [2.75, 3.05) is 18.8 Å². The number of nitrogens with zero attached hydrogens (tertiary/aromatic N) is 6. The molecule has 0 spiro atoms. The number of aliphatic hydroxyl groups is 1. The molecule has 9 nitrogen and oxygen atoms in total. The third-order valence-corrected chi connectivity index (χ3v) is 7.61. The van der Waals surface area contributed by atoms with Gasteiger partial charge in [-0.25, -0.2) is 19.4 Å². The van der Waals surface area contributed by atoms with Crippen LogP contribution >= 0.6 is 0 Å². The molecule has 0 radical (unpaired) electrons. The molecule has 1 aliphatic carbocycles. The molecular formula is C28H30FN7O2. The van der Waals surface area contributed by atoms with Gasteiger partial charge in [0.05, 0.1) is 6.20 Å². The van der Waals surface area contributed by atoms with Crippen LogP contribution in [0.4, 0.5) is 10.3 Å². The van der Waals surface area contributed by atoms with Gasteiger partial charge < -0.3 is 20.3 Å². The van der Waals surface area contributed by atoms with Crippen LogP contribution in [0.2, 0.25) is 0 Å². The number of hydrogen-bond acceptors (Lipinski definition) is 9. The van der Waals surface area contributed by atoms with Gasteiger partial charge in [-0.2, -0.15) is 0 Å². The SMILES string of the molecule is CCC(O)(C#CC1=NC=C2CC(=C1)C(c1nc(N)ncc1F)=CN2C1CCN(C2CC2)C1)c1cc(C)on1. The topological polar surface area (TPSA) is 117 Å².